The van der Waals surface area contributed by atoms with Crippen LogP contribution >= 0.6 is 0 Å². The molecule has 0 amide bonds. The number of benzene rings is 21. The van der Waals surface area contributed by atoms with Crippen molar-refractivity contribution in [2.24, 2.45) is 0 Å². The van der Waals surface area contributed by atoms with Crippen molar-refractivity contribution in [3.63, 3.8) is 0 Å². The molecule has 0 spiro atoms. The van der Waals surface area contributed by atoms with Gasteiger partial charge in [-0.2, -0.15) is 0 Å². The molecule has 0 aliphatic heterocycles. The molecule has 0 atom stereocenters. The third-order valence-electron chi connectivity index (χ3n) is 26.2. The molecule has 7 heteroatoms. The summed E-state index contributed by atoms with van der Waals surface area (Å²) in [5, 5.41) is 0. The van der Waals surface area contributed by atoms with Gasteiger partial charge in [0.25, 0.3) is 0 Å². The molecule has 0 bridgehead atoms. The van der Waals surface area contributed by atoms with E-state index in [1.54, 1.807) is 0 Å². The maximum absolute atomic E-state index is 2.37. The van der Waals surface area contributed by atoms with Crippen molar-refractivity contribution < 1.29 is 0 Å². The topological polar surface area (TPSA) is 22.7 Å². The van der Waals surface area contributed by atoms with Crippen LogP contribution in [0.2, 0.25) is 0 Å². The van der Waals surface area contributed by atoms with E-state index >= 15 is 0 Å². The second-order valence-electron chi connectivity index (χ2n) is 35.9. The van der Waals surface area contributed by atoms with E-state index in [0.29, 0.717) is 0 Å². The van der Waals surface area contributed by atoms with Crippen LogP contribution in [0, 0.1) is 41.5 Å². The summed E-state index contributed by atoms with van der Waals surface area (Å²) in [4.78, 5) is 16.4. The first-order valence-electron chi connectivity index (χ1n) is 47.7. The fourth-order valence-corrected chi connectivity index (χ4v) is 18.9. The molecule has 0 saturated carbocycles. The average Bonchev–Trinajstić information content (AvgIpc) is 0.731. The van der Waals surface area contributed by atoms with E-state index in [9.17, 15) is 0 Å². The Morgan fingerprint density at radius 1 is 0.0863 bits per heavy atom. The standard InChI is InChI=1S/C132H105N7/c1-94-31-61-115(62-32-94)133(121-73-43-106(44-74-121)109-55-85-127(86-56-109)137(112-22-10-7-11-23-112)130-28-16-19-97(4)91-130)118-67-37-100(38-68-118)103-49-79-124(80-50-103)136(125-81-51-104(52-82-125)101-39-69-119(70-40-101)134(116-63-33-95(2)34-64-116)122-75-45-107(46-76-122)110-57-87-128(88-58-110)138(113-24-12-8-13-25-113)131-29-17-20-98(5)92-131)126-83-53-105(54-84-126)102-41-71-120(72-42-102)135(117-65-35-96(3)36-66-117)123-77-47-108(48-78-123)111-59-89-129(90-60-111)139(114-26-14-9-15-27-114)132-30-18-21-99(6)93-132/h7-93H,1-6H3. The van der Waals surface area contributed by atoms with Crippen molar-refractivity contribution in [2.45, 2.75) is 41.5 Å². The van der Waals surface area contributed by atoms with Crippen LogP contribution in [-0.2, 0) is 0 Å². The molecular formula is C132H105N7. The third kappa shape index (κ3) is 19.4. The second-order valence-corrected chi connectivity index (χ2v) is 35.9. The van der Waals surface area contributed by atoms with Crippen LogP contribution < -0.4 is 34.3 Å². The lowest BCUT2D eigenvalue weighted by molar-refractivity contribution is 1.27. The van der Waals surface area contributed by atoms with Crippen LogP contribution in [0.4, 0.5) is 119 Å². The van der Waals surface area contributed by atoms with Crippen LogP contribution in [0.1, 0.15) is 33.4 Å². The maximum Gasteiger partial charge on any atom is 0.0464 e. The van der Waals surface area contributed by atoms with E-state index < -0.39 is 0 Å². The highest BCUT2D eigenvalue weighted by Gasteiger charge is 2.24. The SMILES string of the molecule is Cc1ccc(N(c2ccc(-c3ccc(N(c4ccc(-c5ccc(N(c6ccc(C)cc6)c6ccc(-c7ccc(N(c8ccccc8)c8cccc(C)c8)cc7)cc6)cc5)cc4)c4ccc(-c5ccc(N(c6ccc(C)cc6)c6ccc(-c7ccc(N(c8ccccc8)c8cccc(C)c8)cc7)cc6)cc5)cc4)cc3)cc2)c2ccc(-c3ccc(N(c4ccccc4)c4cccc(C)c4)cc3)cc2)cc1. The molecule has 0 saturated heterocycles. The minimum absolute atomic E-state index is 1.04. The summed E-state index contributed by atoms with van der Waals surface area (Å²) in [6, 6.07) is 192. The highest BCUT2D eigenvalue weighted by Crippen LogP contribution is 2.47. The van der Waals surface area contributed by atoms with Gasteiger partial charge < -0.3 is 34.3 Å². The van der Waals surface area contributed by atoms with Crippen LogP contribution in [0.15, 0.2) is 528 Å². The van der Waals surface area contributed by atoms with Crippen molar-refractivity contribution in [2.75, 3.05) is 34.3 Å². The molecule has 0 aliphatic carbocycles. The van der Waals surface area contributed by atoms with Gasteiger partial charge in [0.2, 0.25) is 0 Å². The average molecular weight is 1790 g/mol. The summed E-state index contributed by atoms with van der Waals surface area (Å²) in [6.07, 6.45) is 0. The summed E-state index contributed by atoms with van der Waals surface area (Å²) in [5.41, 5.74) is 43.7. The number of nitrogens with zero attached hydrogens (tertiary/aromatic N) is 7. The second kappa shape index (κ2) is 39.8. The van der Waals surface area contributed by atoms with E-state index in [4.69, 9.17) is 0 Å². The highest BCUT2D eigenvalue weighted by molar-refractivity contribution is 5.90. The van der Waals surface area contributed by atoms with Gasteiger partial charge in [0.05, 0.1) is 0 Å². The first kappa shape index (κ1) is 87.8. The molecule has 0 unspecified atom stereocenters. The first-order chi connectivity index (χ1) is 68.3. The molecule has 139 heavy (non-hydrogen) atoms. The Hall–Kier alpha value is -17.8. The normalized spacial score (nSPS) is 11.1. The molecule has 0 N–H and O–H groups in total. The van der Waals surface area contributed by atoms with Crippen LogP contribution in [0.3, 0.4) is 0 Å². The lowest BCUT2D eigenvalue weighted by Crippen LogP contribution is -2.10. The monoisotopic (exact) mass is 1790 g/mol. The predicted octanol–water partition coefficient (Wildman–Crippen LogP) is 37.8. The Morgan fingerprint density at radius 3 is 0.324 bits per heavy atom. The van der Waals surface area contributed by atoms with E-state index in [-0.39, 0.29) is 0 Å². The molecule has 0 aliphatic rings. The number of rotatable bonds is 27. The predicted molar refractivity (Wildman–Crippen MR) is 590 cm³/mol. The number of anilines is 21. The van der Waals surface area contributed by atoms with Crippen molar-refractivity contribution >= 4 is 119 Å². The molecule has 0 radical (unpaired) electrons. The number of hydrogen-bond acceptors (Lipinski definition) is 7. The van der Waals surface area contributed by atoms with Gasteiger partial charge >= 0.3 is 0 Å². The largest absolute Gasteiger partial charge is 0.311 e. The maximum atomic E-state index is 2.37. The molecular weight excluding hydrogens is 1680 g/mol. The zero-order chi connectivity index (χ0) is 94.1. The Kier molecular flexibility index (Phi) is 25.1. The van der Waals surface area contributed by atoms with Crippen LogP contribution in [0.25, 0.3) is 66.8 Å². The Morgan fingerprint density at radius 2 is 0.194 bits per heavy atom. The Balaban J connectivity index is 0.564. The number of para-hydroxylation sites is 3. The fourth-order valence-electron chi connectivity index (χ4n) is 18.9. The van der Waals surface area contributed by atoms with Gasteiger partial charge in [-0.3, -0.25) is 0 Å². The molecule has 668 valence electrons. The van der Waals surface area contributed by atoms with E-state index in [2.05, 4.69) is 604 Å². The smallest absolute Gasteiger partial charge is 0.0464 e. The van der Waals surface area contributed by atoms with Crippen LogP contribution in [0.5, 0.6) is 0 Å². The van der Waals surface area contributed by atoms with Gasteiger partial charge in [0.15, 0.2) is 0 Å². The molecule has 21 aromatic rings. The Labute approximate surface area is 817 Å². The van der Waals surface area contributed by atoms with E-state index in [1.165, 1.54) is 33.4 Å². The van der Waals surface area contributed by atoms with Crippen LogP contribution in [-0.4, -0.2) is 0 Å². The van der Waals surface area contributed by atoms with Gasteiger partial charge in [0, 0.05) is 119 Å². The van der Waals surface area contributed by atoms with Gasteiger partial charge in [-0.25, -0.2) is 0 Å². The van der Waals surface area contributed by atoms with Crippen molar-refractivity contribution in [1.29, 1.82) is 0 Å². The minimum Gasteiger partial charge on any atom is -0.311 e. The van der Waals surface area contributed by atoms with Crippen molar-refractivity contribution in [3.8, 4) is 66.8 Å². The molecule has 0 aromatic heterocycles. The van der Waals surface area contributed by atoms with E-state index in [1.807, 2.05) is 0 Å². The molecule has 7 nitrogen and oxygen atoms in total. The van der Waals surface area contributed by atoms with Gasteiger partial charge in [-0.15, -0.1) is 0 Å². The molecule has 21 rings (SSSR count). The fraction of sp³-hybridized carbons (Fsp3) is 0.0455. The summed E-state index contributed by atoms with van der Waals surface area (Å²) < 4.78 is 0. The van der Waals surface area contributed by atoms with Gasteiger partial charge in [-0.1, -0.05) is 290 Å². The quantitative estimate of drug-likeness (QED) is 0.0505. The molecule has 0 fully saturated rings. The van der Waals surface area contributed by atoms with Crippen molar-refractivity contribution in [3.05, 3.63) is 561 Å². The number of hydrogen-bond donors (Lipinski definition) is 0. The first-order valence-corrected chi connectivity index (χ1v) is 47.7. The zero-order valence-corrected chi connectivity index (χ0v) is 78.9. The van der Waals surface area contributed by atoms with E-state index in [0.717, 1.165) is 186 Å². The summed E-state index contributed by atoms with van der Waals surface area (Å²) in [7, 11) is 0. The Bertz CT molecular complexity index is 6980. The number of aryl methyl sites for hydroxylation is 6. The minimum atomic E-state index is 1.04. The molecule has 21 aromatic carbocycles. The lowest BCUT2D eigenvalue weighted by Gasteiger charge is -2.27. The molecule has 0 heterocycles. The zero-order valence-electron chi connectivity index (χ0n) is 78.9. The third-order valence-corrected chi connectivity index (χ3v) is 26.2. The summed E-state index contributed by atoms with van der Waals surface area (Å²) >= 11 is 0. The lowest BCUT2D eigenvalue weighted by atomic mass is 10.0. The summed E-state index contributed by atoms with van der Waals surface area (Å²) in [5.74, 6) is 0. The van der Waals surface area contributed by atoms with Crippen molar-refractivity contribution in [1.82, 2.24) is 0 Å². The summed E-state index contributed by atoms with van der Waals surface area (Å²) in [6.45, 7) is 12.9. The highest BCUT2D eigenvalue weighted by atomic mass is 15.2. The van der Waals surface area contributed by atoms with Gasteiger partial charge in [0.1, 0.15) is 0 Å². The van der Waals surface area contributed by atoms with Gasteiger partial charge in [-0.05, 0) is 380 Å².